The maximum absolute atomic E-state index is 12.1. The maximum Gasteiger partial charge on any atom is 0.157 e. The molecule has 0 spiro atoms. The van der Waals surface area contributed by atoms with Crippen LogP contribution in [-0.4, -0.2) is 35.4 Å². The standard InChI is InChI=1S/C24H32N2O2/c1-23-8-5-20-19(15-26(3)22-12-16(27)4-9-24(20,22)2)21(23)13-18(14-23)28-17-6-10-25-11-7-17/h6-7,10-12,18-21H,4-5,8-9,13-15H2,1-3H3/t18-,19+,20-,21-,23+,24+/m0/s1. The SMILES string of the molecule is CN1C[C@H]2[C@@H]3C[C@H](Oc4ccncc4)C[C@@]3(C)CC[C@@H]2[C@@]2(C)CCC(=O)C=C12. The minimum Gasteiger partial charge on any atom is -0.490 e. The van der Waals surface area contributed by atoms with E-state index in [0.29, 0.717) is 41.5 Å². The lowest BCUT2D eigenvalue weighted by molar-refractivity contribution is -0.118. The zero-order valence-electron chi connectivity index (χ0n) is 17.4. The molecule has 1 saturated heterocycles. The summed E-state index contributed by atoms with van der Waals surface area (Å²) in [6.45, 7) is 6.02. The monoisotopic (exact) mass is 380 g/mol. The molecule has 150 valence electrons. The molecule has 3 aliphatic carbocycles. The summed E-state index contributed by atoms with van der Waals surface area (Å²) >= 11 is 0. The van der Waals surface area contributed by atoms with Crippen molar-refractivity contribution in [2.24, 2.45) is 28.6 Å². The minimum absolute atomic E-state index is 0.164. The van der Waals surface area contributed by atoms with Crippen LogP contribution in [0.5, 0.6) is 5.75 Å². The fraction of sp³-hybridized carbons (Fsp3) is 0.667. The van der Waals surface area contributed by atoms with E-state index in [4.69, 9.17) is 4.74 Å². The Morgan fingerprint density at radius 3 is 2.75 bits per heavy atom. The van der Waals surface area contributed by atoms with Gasteiger partial charge in [0.15, 0.2) is 5.78 Å². The fourth-order valence-electron chi connectivity index (χ4n) is 7.26. The van der Waals surface area contributed by atoms with Gasteiger partial charge in [-0.3, -0.25) is 9.78 Å². The Bertz CT molecular complexity index is 806. The number of hydrogen-bond acceptors (Lipinski definition) is 4. The maximum atomic E-state index is 12.1. The normalized spacial score (nSPS) is 42.3. The number of ketones is 1. The van der Waals surface area contributed by atoms with Gasteiger partial charge >= 0.3 is 0 Å². The molecule has 1 aromatic heterocycles. The van der Waals surface area contributed by atoms with E-state index >= 15 is 0 Å². The molecule has 4 nitrogen and oxygen atoms in total. The first-order valence-corrected chi connectivity index (χ1v) is 10.9. The topological polar surface area (TPSA) is 42.4 Å². The van der Waals surface area contributed by atoms with E-state index in [0.717, 1.165) is 31.6 Å². The number of nitrogens with zero attached hydrogens (tertiary/aromatic N) is 2. The van der Waals surface area contributed by atoms with Gasteiger partial charge in [-0.25, -0.2) is 0 Å². The Kier molecular flexibility index (Phi) is 4.12. The number of rotatable bonds is 2. The molecule has 4 aliphatic rings. The highest BCUT2D eigenvalue weighted by atomic mass is 16.5. The number of hydrogen-bond donors (Lipinski definition) is 0. The van der Waals surface area contributed by atoms with E-state index in [9.17, 15) is 4.79 Å². The zero-order valence-corrected chi connectivity index (χ0v) is 17.4. The van der Waals surface area contributed by atoms with Crippen LogP contribution in [-0.2, 0) is 4.79 Å². The van der Waals surface area contributed by atoms with Crippen LogP contribution in [0, 0.1) is 28.6 Å². The lowest BCUT2D eigenvalue weighted by Crippen LogP contribution is -2.56. The van der Waals surface area contributed by atoms with Gasteiger partial charge in [-0.15, -0.1) is 0 Å². The van der Waals surface area contributed by atoms with E-state index in [1.807, 2.05) is 30.6 Å². The lowest BCUT2D eigenvalue weighted by Gasteiger charge is -2.59. The van der Waals surface area contributed by atoms with Crippen molar-refractivity contribution >= 4 is 5.78 Å². The number of allylic oxidation sites excluding steroid dienone is 2. The molecule has 1 aromatic rings. The van der Waals surface area contributed by atoms with Crippen molar-refractivity contribution in [1.29, 1.82) is 0 Å². The summed E-state index contributed by atoms with van der Waals surface area (Å²) in [6, 6.07) is 3.94. The molecule has 0 amide bonds. The Morgan fingerprint density at radius 1 is 1.18 bits per heavy atom. The average molecular weight is 381 g/mol. The van der Waals surface area contributed by atoms with Crippen molar-refractivity contribution in [3.05, 3.63) is 36.3 Å². The summed E-state index contributed by atoms with van der Waals surface area (Å²) in [6.07, 6.45) is 12.5. The molecular formula is C24H32N2O2. The van der Waals surface area contributed by atoms with E-state index in [1.54, 1.807) is 0 Å². The second-order valence-corrected chi connectivity index (χ2v) is 10.2. The van der Waals surface area contributed by atoms with Gasteiger partial charge in [0, 0.05) is 49.6 Å². The van der Waals surface area contributed by atoms with Crippen molar-refractivity contribution in [3.63, 3.8) is 0 Å². The first kappa shape index (κ1) is 18.2. The number of likely N-dealkylation sites (tertiary alicyclic amines) is 1. The zero-order chi connectivity index (χ0) is 19.5. The molecule has 2 saturated carbocycles. The molecule has 0 aromatic carbocycles. The first-order chi connectivity index (χ1) is 13.4. The highest BCUT2D eigenvalue weighted by molar-refractivity contribution is 5.91. The number of fused-ring (bicyclic) bond motifs is 5. The van der Waals surface area contributed by atoms with Gasteiger partial charge in [0.25, 0.3) is 0 Å². The van der Waals surface area contributed by atoms with Crippen LogP contribution in [0.15, 0.2) is 36.3 Å². The van der Waals surface area contributed by atoms with Crippen LogP contribution in [0.25, 0.3) is 0 Å². The molecule has 6 atom stereocenters. The van der Waals surface area contributed by atoms with Gasteiger partial charge in [0.1, 0.15) is 5.75 Å². The fourth-order valence-corrected chi connectivity index (χ4v) is 7.26. The number of piperidine rings is 1. The van der Waals surface area contributed by atoms with Gasteiger partial charge in [-0.1, -0.05) is 13.8 Å². The predicted molar refractivity (Wildman–Crippen MR) is 109 cm³/mol. The molecule has 28 heavy (non-hydrogen) atoms. The average Bonchev–Trinajstić information content (AvgIpc) is 3.00. The summed E-state index contributed by atoms with van der Waals surface area (Å²) in [5.41, 5.74) is 1.84. The molecule has 3 fully saturated rings. The molecule has 0 bridgehead atoms. The van der Waals surface area contributed by atoms with Crippen LogP contribution >= 0.6 is 0 Å². The predicted octanol–water partition coefficient (Wildman–Crippen LogP) is 4.47. The molecule has 2 heterocycles. The van der Waals surface area contributed by atoms with Crippen molar-refractivity contribution in [2.45, 2.75) is 58.5 Å². The summed E-state index contributed by atoms with van der Waals surface area (Å²) in [5.74, 6) is 3.36. The Balaban J connectivity index is 1.41. The highest BCUT2D eigenvalue weighted by Crippen LogP contribution is 2.64. The largest absolute Gasteiger partial charge is 0.490 e. The van der Waals surface area contributed by atoms with E-state index < -0.39 is 0 Å². The number of pyridine rings is 1. The lowest BCUT2D eigenvalue weighted by atomic mass is 9.50. The van der Waals surface area contributed by atoms with Crippen LogP contribution in [0.4, 0.5) is 0 Å². The second kappa shape index (κ2) is 6.33. The Labute approximate surface area is 168 Å². The summed E-state index contributed by atoms with van der Waals surface area (Å²) < 4.78 is 6.38. The number of carbonyl (C=O) groups is 1. The smallest absolute Gasteiger partial charge is 0.157 e. The van der Waals surface area contributed by atoms with Crippen molar-refractivity contribution in [3.8, 4) is 5.75 Å². The second-order valence-electron chi connectivity index (χ2n) is 10.2. The van der Waals surface area contributed by atoms with E-state index in [-0.39, 0.29) is 5.41 Å². The van der Waals surface area contributed by atoms with Gasteiger partial charge in [-0.2, -0.15) is 0 Å². The van der Waals surface area contributed by atoms with Crippen molar-refractivity contribution in [1.82, 2.24) is 9.88 Å². The van der Waals surface area contributed by atoms with Crippen LogP contribution in [0.2, 0.25) is 0 Å². The first-order valence-electron chi connectivity index (χ1n) is 10.9. The van der Waals surface area contributed by atoms with Gasteiger partial charge in [0.05, 0.1) is 6.10 Å². The van der Waals surface area contributed by atoms with Gasteiger partial charge < -0.3 is 9.64 Å². The molecular weight excluding hydrogens is 348 g/mol. The third kappa shape index (κ3) is 2.71. The molecule has 4 heteroatoms. The third-order valence-corrected chi connectivity index (χ3v) is 8.61. The van der Waals surface area contributed by atoms with Crippen LogP contribution in [0.1, 0.15) is 52.4 Å². The Morgan fingerprint density at radius 2 is 1.96 bits per heavy atom. The van der Waals surface area contributed by atoms with E-state index in [1.165, 1.54) is 18.5 Å². The number of carbonyl (C=O) groups excluding carboxylic acids is 1. The highest BCUT2D eigenvalue weighted by Gasteiger charge is 2.59. The summed E-state index contributed by atoms with van der Waals surface area (Å²) in [5, 5.41) is 0. The molecule has 0 radical (unpaired) electrons. The van der Waals surface area contributed by atoms with Gasteiger partial charge in [-0.05, 0) is 67.4 Å². The van der Waals surface area contributed by atoms with Crippen molar-refractivity contribution in [2.75, 3.05) is 13.6 Å². The number of aromatic nitrogens is 1. The summed E-state index contributed by atoms with van der Waals surface area (Å²) in [7, 11) is 2.20. The van der Waals surface area contributed by atoms with Crippen LogP contribution < -0.4 is 4.74 Å². The van der Waals surface area contributed by atoms with Gasteiger partial charge in [0.2, 0.25) is 0 Å². The quantitative estimate of drug-likeness (QED) is 0.759. The minimum atomic E-state index is 0.164. The molecule has 5 rings (SSSR count). The third-order valence-electron chi connectivity index (χ3n) is 8.61. The summed E-state index contributed by atoms with van der Waals surface area (Å²) in [4.78, 5) is 18.6. The van der Waals surface area contributed by atoms with Crippen LogP contribution in [0.3, 0.4) is 0 Å². The van der Waals surface area contributed by atoms with Crippen molar-refractivity contribution < 1.29 is 9.53 Å². The van der Waals surface area contributed by atoms with E-state index in [2.05, 4.69) is 30.8 Å². The Hall–Kier alpha value is -1.84. The number of ether oxygens (including phenoxy) is 1. The molecule has 1 aliphatic heterocycles. The molecule has 0 N–H and O–H groups in total. The molecule has 0 unspecified atom stereocenters.